The average molecular weight is 352 g/mol. The minimum atomic E-state index is -4.87. The van der Waals surface area contributed by atoms with Crippen LogP contribution in [0.3, 0.4) is 0 Å². The zero-order chi connectivity index (χ0) is 17.0. The molecular weight excluding hydrogens is 336 g/mol. The van der Waals surface area contributed by atoms with Crippen molar-refractivity contribution in [2.45, 2.75) is 54.4 Å². The highest BCUT2D eigenvalue weighted by Crippen LogP contribution is 2.47. The smallest absolute Gasteiger partial charge is 0.385 e. The Bertz CT molecular complexity index is 707. The van der Waals surface area contributed by atoms with Crippen molar-refractivity contribution in [2.24, 2.45) is 0 Å². The van der Waals surface area contributed by atoms with Crippen LogP contribution in [0.2, 0.25) is 0 Å². The van der Waals surface area contributed by atoms with Gasteiger partial charge in [0.25, 0.3) is 0 Å². The third-order valence-corrected chi connectivity index (χ3v) is 7.58. The van der Waals surface area contributed by atoms with Crippen molar-refractivity contribution in [3.8, 4) is 0 Å². The summed E-state index contributed by atoms with van der Waals surface area (Å²) in [5.74, 6) is -1.41. The maximum Gasteiger partial charge on any atom is 0.419 e. The largest absolute Gasteiger partial charge is 0.419 e. The third-order valence-electron chi connectivity index (χ3n) is 4.92. The third kappa shape index (κ3) is 2.76. The van der Waals surface area contributed by atoms with E-state index < -0.39 is 43.5 Å². The van der Waals surface area contributed by atoms with Crippen LogP contribution in [0.1, 0.15) is 43.2 Å². The van der Waals surface area contributed by atoms with E-state index >= 15 is 0 Å². The van der Waals surface area contributed by atoms with Gasteiger partial charge in [0.1, 0.15) is 5.82 Å². The first kappa shape index (κ1) is 16.7. The maximum absolute atomic E-state index is 13.4. The van der Waals surface area contributed by atoms with Gasteiger partial charge in [0.15, 0.2) is 9.84 Å². The predicted molar refractivity (Wildman–Crippen MR) is 74.9 cm³/mol. The number of hydrogen-bond donors (Lipinski definition) is 1. The summed E-state index contributed by atoms with van der Waals surface area (Å²) in [6, 6.07) is 2.39. The van der Waals surface area contributed by atoms with E-state index in [1.807, 2.05) is 0 Å². The Morgan fingerprint density at radius 2 is 1.70 bits per heavy atom. The van der Waals surface area contributed by atoms with Crippen molar-refractivity contribution < 1.29 is 31.1 Å². The van der Waals surface area contributed by atoms with Gasteiger partial charge in [-0.1, -0.05) is 12.5 Å². The number of fused-ring (bicyclic) bond motifs is 2. The highest BCUT2D eigenvalue weighted by Gasteiger charge is 2.51. The Hall–Kier alpha value is -1.15. The average Bonchev–Trinajstić information content (AvgIpc) is 2.40. The van der Waals surface area contributed by atoms with Gasteiger partial charge in [0.05, 0.1) is 21.7 Å². The fraction of sp³-hybridized carbons (Fsp3) is 0.600. The molecule has 0 saturated carbocycles. The van der Waals surface area contributed by atoms with Gasteiger partial charge in [-0.05, 0) is 43.4 Å². The van der Waals surface area contributed by atoms with E-state index in [4.69, 9.17) is 0 Å². The molecule has 2 unspecified atom stereocenters. The molecule has 0 amide bonds. The summed E-state index contributed by atoms with van der Waals surface area (Å²) in [5.41, 5.74) is -3.19. The first-order chi connectivity index (χ1) is 10.5. The Labute approximate surface area is 131 Å². The molecule has 3 rings (SSSR count). The van der Waals surface area contributed by atoms with Crippen molar-refractivity contribution >= 4 is 9.84 Å². The summed E-state index contributed by atoms with van der Waals surface area (Å²) < 4.78 is 76.5. The van der Waals surface area contributed by atoms with Crippen molar-refractivity contribution in [2.75, 3.05) is 0 Å². The molecule has 2 bridgehead atoms. The number of alkyl halides is 3. The molecule has 128 valence electrons. The predicted octanol–water partition coefficient (Wildman–Crippen LogP) is 3.16. The van der Waals surface area contributed by atoms with Crippen LogP contribution in [0.4, 0.5) is 17.6 Å². The van der Waals surface area contributed by atoms with E-state index in [-0.39, 0.29) is 18.4 Å². The maximum atomic E-state index is 13.4. The van der Waals surface area contributed by atoms with Crippen LogP contribution in [0.5, 0.6) is 0 Å². The standard InChI is InChI=1S/C15H16F4O3S/c16-13-5-4-9(6-12(13)15(17,18)19)14(20)7-10-2-1-3-11(8-14)23(10,21)22/h4-6,10-11,20H,1-3,7-8H2. The summed E-state index contributed by atoms with van der Waals surface area (Å²) in [6.45, 7) is 0. The van der Waals surface area contributed by atoms with E-state index in [1.54, 1.807) is 0 Å². The van der Waals surface area contributed by atoms with E-state index in [0.717, 1.165) is 12.5 Å². The van der Waals surface area contributed by atoms with Crippen LogP contribution in [-0.2, 0) is 21.6 Å². The van der Waals surface area contributed by atoms with Gasteiger partial charge in [-0.2, -0.15) is 13.2 Å². The minimum absolute atomic E-state index is 0.0713. The quantitative estimate of drug-likeness (QED) is 0.790. The second-order valence-corrected chi connectivity index (χ2v) is 8.91. The van der Waals surface area contributed by atoms with Crippen molar-refractivity contribution in [3.05, 3.63) is 35.1 Å². The van der Waals surface area contributed by atoms with Crippen molar-refractivity contribution in [1.82, 2.24) is 0 Å². The summed E-state index contributed by atoms with van der Waals surface area (Å²) in [7, 11) is -3.35. The molecule has 2 saturated heterocycles. The lowest BCUT2D eigenvalue weighted by Gasteiger charge is -2.44. The molecule has 0 radical (unpaired) electrons. The molecule has 0 aliphatic carbocycles. The molecule has 3 nitrogen and oxygen atoms in total. The summed E-state index contributed by atoms with van der Waals surface area (Å²) >= 11 is 0. The molecule has 2 heterocycles. The number of benzene rings is 1. The van der Waals surface area contributed by atoms with Gasteiger partial charge in [0.2, 0.25) is 0 Å². The molecule has 1 N–H and O–H groups in total. The fourth-order valence-corrected chi connectivity index (χ4v) is 6.27. The van der Waals surface area contributed by atoms with Crippen LogP contribution in [0.25, 0.3) is 0 Å². The number of hydrogen-bond acceptors (Lipinski definition) is 3. The van der Waals surface area contributed by atoms with E-state index in [1.165, 1.54) is 0 Å². The lowest BCUT2D eigenvalue weighted by atomic mass is 9.80. The van der Waals surface area contributed by atoms with Gasteiger partial charge in [-0.3, -0.25) is 0 Å². The lowest BCUT2D eigenvalue weighted by molar-refractivity contribution is -0.140. The Balaban J connectivity index is 2.02. The fourth-order valence-electron chi connectivity index (χ4n) is 3.71. The molecule has 2 fully saturated rings. The molecule has 2 aliphatic rings. The van der Waals surface area contributed by atoms with Crippen LogP contribution in [-0.4, -0.2) is 24.0 Å². The zero-order valence-corrected chi connectivity index (χ0v) is 12.9. The molecule has 0 spiro atoms. The minimum Gasteiger partial charge on any atom is -0.385 e. The first-order valence-electron chi connectivity index (χ1n) is 7.36. The molecule has 8 heteroatoms. The highest BCUT2D eigenvalue weighted by molar-refractivity contribution is 7.92. The second kappa shape index (κ2) is 5.17. The van der Waals surface area contributed by atoms with Crippen LogP contribution < -0.4 is 0 Å². The molecule has 2 atom stereocenters. The SMILES string of the molecule is O=S1(=O)C2CCCC1CC(O)(c1ccc(F)c(C(F)(F)F)c1)C2. The molecule has 23 heavy (non-hydrogen) atoms. The van der Waals surface area contributed by atoms with Gasteiger partial charge < -0.3 is 5.11 Å². The molecular formula is C15H16F4O3S. The number of halogens is 4. The van der Waals surface area contributed by atoms with Gasteiger partial charge in [-0.15, -0.1) is 0 Å². The summed E-state index contributed by atoms with van der Waals surface area (Å²) in [4.78, 5) is 0. The molecule has 0 aromatic heterocycles. The Kier molecular flexibility index (Phi) is 3.76. The second-order valence-electron chi connectivity index (χ2n) is 6.40. The van der Waals surface area contributed by atoms with Crippen molar-refractivity contribution in [3.63, 3.8) is 0 Å². The normalized spacial score (nSPS) is 33.4. The van der Waals surface area contributed by atoms with Crippen molar-refractivity contribution in [1.29, 1.82) is 0 Å². The topological polar surface area (TPSA) is 54.4 Å². The monoisotopic (exact) mass is 352 g/mol. The lowest BCUT2D eigenvalue weighted by Crippen LogP contribution is -2.50. The van der Waals surface area contributed by atoms with Crippen LogP contribution in [0, 0.1) is 5.82 Å². The highest BCUT2D eigenvalue weighted by atomic mass is 32.2. The van der Waals surface area contributed by atoms with Crippen LogP contribution >= 0.6 is 0 Å². The summed E-state index contributed by atoms with van der Waals surface area (Å²) in [6.07, 6.45) is -3.64. The van der Waals surface area contributed by atoms with E-state index in [2.05, 4.69) is 0 Å². The number of aliphatic hydroxyl groups is 1. The molecule has 1 aromatic carbocycles. The van der Waals surface area contributed by atoms with Gasteiger partial charge >= 0.3 is 6.18 Å². The number of rotatable bonds is 1. The molecule has 1 aromatic rings. The summed E-state index contributed by atoms with van der Waals surface area (Å²) in [5, 5.41) is 9.31. The van der Waals surface area contributed by atoms with E-state index in [0.29, 0.717) is 25.0 Å². The zero-order valence-electron chi connectivity index (χ0n) is 12.1. The van der Waals surface area contributed by atoms with Gasteiger partial charge in [-0.25, -0.2) is 12.8 Å². The van der Waals surface area contributed by atoms with E-state index in [9.17, 15) is 31.1 Å². The van der Waals surface area contributed by atoms with Gasteiger partial charge in [0, 0.05) is 0 Å². The molecule has 2 aliphatic heterocycles. The number of sulfone groups is 1. The Morgan fingerprint density at radius 3 is 2.22 bits per heavy atom. The Morgan fingerprint density at radius 1 is 1.13 bits per heavy atom. The van der Waals surface area contributed by atoms with Crippen LogP contribution in [0.15, 0.2) is 18.2 Å². The first-order valence-corrected chi connectivity index (χ1v) is 8.97.